The van der Waals surface area contributed by atoms with E-state index in [1.165, 1.54) is 0 Å². The predicted molar refractivity (Wildman–Crippen MR) is 64.4 cm³/mol. The molecule has 0 bridgehead atoms. The molecule has 1 N–H and O–H groups in total. The number of oxime groups is 1. The Hall–Kier alpha value is -2.03. The predicted octanol–water partition coefficient (Wildman–Crippen LogP) is 2.60. The maximum atomic E-state index is 9.12. The Labute approximate surface area is 95.0 Å². The molecule has 0 saturated heterocycles. The van der Waals surface area contributed by atoms with Crippen LogP contribution in [-0.4, -0.2) is 22.9 Å². The van der Waals surface area contributed by atoms with Crippen molar-refractivity contribution in [3.63, 3.8) is 0 Å². The Morgan fingerprint density at radius 3 is 2.69 bits per heavy atom. The van der Waals surface area contributed by atoms with Gasteiger partial charge in [0, 0.05) is 24.4 Å². The summed E-state index contributed by atoms with van der Waals surface area (Å²) in [4.78, 5) is 1.95. The third kappa shape index (κ3) is 2.14. The van der Waals surface area contributed by atoms with Gasteiger partial charge in [-0.05, 0) is 12.6 Å². The van der Waals surface area contributed by atoms with Crippen molar-refractivity contribution in [3.05, 3.63) is 59.9 Å². The fourth-order valence-corrected chi connectivity index (χ4v) is 1.75. The van der Waals surface area contributed by atoms with Crippen molar-refractivity contribution in [1.29, 1.82) is 0 Å². The van der Waals surface area contributed by atoms with E-state index in [0.29, 0.717) is 5.71 Å². The van der Waals surface area contributed by atoms with E-state index in [1.54, 1.807) is 0 Å². The van der Waals surface area contributed by atoms with E-state index >= 15 is 0 Å². The van der Waals surface area contributed by atoms with Crippen molar-refractivity contribution in [2.75, 3.05) is 7.05 Å². The van der Waals surface area contributed by atoms with Crippen LogP contribution in [0.2, 0.25) is 0 Å². The van der Waals surface area contributed by atoms with Crippen molar-refractivity contribution < 1.29 is 5.21 Å². The van der Waals surface area contributed by atoms with Gasteiger partial charge in [0.05, 0.1) is 0 Å². The molecule has 16 heavy (non-hydrogen) atoms. The zero-order valence-electron chi connectivity index (χ0n) is 9.17. The number of allylic oxidation sites excluding steroid dienone is 2. The summed E-state index contributed by atoms with van der Waals surface area (Å²) in [5.74, 6) is 0. The van der Waals surface area contributed by atoms with Gasteiger partial charge in [-0.3, -0.25) is 0 Å². The molecule has 0 radical (unpaired) electrons. The van der Waals surface area contributed by atoms with E-state index in [0.717, 1.165) is 17.6 Å². The summed E-state index contributed by atoms with van der Waals surface area (Å²) in [6.07, 6.45) is 6.80. The first-order valence-electron chi connectivity index (χ1n) is 5.18. The van der Waals surface area contributed by atoms with Gasteiger partial charge in [0.1, 0.15) is 5.71 Å². The van der Waals surface area contributed by atoms with E-state index in [2.05, 4.69) is 5.16 Å². The van der Waals surface area contributed by atoms with Crippen LogP contribution >= 0.6 is 0 Å². The highest BCUT2D eigenvalue weighted by Crippen LogP contribution is 2.17. The number of benzene rings is 1. The average molecular weight is 214 g/mol. The molecule has 0 saturated carbocycles. The average Bonchev–Trinajstić information content (AvgIpc) is 2.31. The molecule has 3 heteroatoms. The standard InChI is InChI=1S/C13H14N2O/c1-15-9-5-8-12(10-15)13(14-16)11-6-3-2-4-7-11/h2-7,9-10,16H,8H2,1H3/b14-13-. The normalized spacial score (nSPS) is 16.2. The van der Waals surface area contributed by atoms with Gasteiger partial charge in [-0.2, -0.15) is 0 Å². The van der Waals surface area contributed by atoms with E-state index in [9.17, 15) is 0 Å². The molecule has 1 aromatic carbocycles. The van der Waals surface area contributed by atoms with Crippen LogP contribution in [0.4, 0.5) is 0 Å². The molecule has 0 fully saturated rings. The maximum Gasteiger partial charge on any atom is 0.114 e. The molecule has 0 spiro atoms. The van der Waals surface area contributed by atoms with Gasteiger partial charge in [0.15, 0.2) is 0 Å². The smallest absolute Gasteiger partial charge is 0.114 e. The second-order valence-corrected chi connectivity index (χ2v) is 3.72. The Kier molecular flexibility index (Phi) is 3.05. The first-order valence-corrected chi connectivity index (χ1v) is 5.18. The topological polar surface area (TPSA) is 35.8 Å². The summed E-state index contributed by atoms with van der Waals surface area (Å²) < 4.78 is 0. The summed E-state index contributed by atoms with van der Waals surface area (Å²) in [5.41, 5.74) is 2.58. The van der Waals surface area contributed by atoms with Gasteiger partial charge >= 0.3 is 0 Å². The summed E-state index contributed by atoms with van der Waals surface area (Å²) in [6, 6.07) is 9.69. The monoisotopic (exact) mass is 214 g/mol. The first kappa shape index (κ1) is 10.5. The van der Waals surface area contributed by atoms with Crippen molar-refractivity contribution in [2.24, 2.45) is 5.16 Å². The van der Waals surface area contributed by atoms with Crippen molar-refractivity contribution in [1.82, 2.24) is 4.90 Å². The van der Waals surface area contributed by atoms with Crippen LogP contribution in [-0.2, 0) is 0 Å². The van der Waals surface area contributed by atoms with Crippen LogP contribution in [0.3, 0.4) is 0 Å². The van der Waals surface area contributed by atoms with Gasteiger partial charge in [-0.25, -0.2) is 0 Å². The summed E-state index contributed by atoms with van der Waals surface area (Å²) in [7, 11) is 1.95. The van der Waals surface area contributed by atoms with E-state index in [4.69, 9.17) is 5.21 Å². The lowest BCUT2D eigenvalue weighted by Gasteiger charge is -2.17. The molecule has 1 aromatic rings. The molecule has 0 amide bonds. The Morgan fingerprint density at radius 2 is 2.06 bits per heavy atom. The molecule has 82 valence electrons. The molecule has 0 aliphatic carbocycles. The first-order chi connectivity index (χ1) is 7.81. The van der Waals surface area contributed by atoms with Crippen LogP contribution in [0.5, 0.6) is 0 Å². The minimum atomic E-state index is 0.636. The lowest BCUT2D eigenvalue weighted by atomic mass is 9.99. The van der Waals surface area contributed by atoms with Crippen LogP contribution in [0.15, 0.2) is 59.5 Å². The second-order valence-electron chi connectivity index (χ2n) is 3.72. The third-order valence-corrected chi connectivity index (χ3v) is 2.49. The Bertz CT molecular complexity index is 446. The maximum absolute atomic E-state index is 9.12. The van der Waals surface area contributed by atoms with Gasteiger partial charge in [0.2, 0.25) is 0 Å². The minimum absolute atomic E-state index is 0.636. The molecule has 0 aromatic heterocycles. The highest BCUT2D eigenvalue weighted by Gasteiger charge is 2.12. The number of hydrogen-bond donors (Lipinski definition) is 1. The third-order valence-electron chi connectivity index (χ3n) is 2.49. The van der Waals surface area contributed by atoms with Gasteiger partial charge in [0.25, 0.3) is 0 Å². The molecule has 3 nitrogen and oxygen atoms in total. The molecular weight excluding hydrogens is 200 g/mol. The highest BCUT2D eigenvalue weighted by atomic mass is 16.4. The Morgan fingerprint density at radius 1 is 1.31 bits per heavy atom. The Balaban J connectivity index is 2.32. The van der Waals surface area contributed by atoms with Crippen molar-refractivity contribution in [3.8, 4) is 0 Å². The van der Waals surface area contributed by atoms with Crippen LogP contribution in [0.1, 0.15) is 12.0 Å². The lowest BCUT2D eigenvalue weighted by molar-refractivity contribution is 0.319. The van der Waals surface area contributed by atoms with Crippen molar-refractivity contribution >= 4 is 5.71 Å². The zero-order valence-corrected chi connectivity index (χ0v) is 9.17. The summed E-state index contributed by atoms with van der Waals surface area (Å²) in [5, 5.41) is 12.5. The molecule has 1 aliphatic rings. The largest absolute Gasteiger partial charge is 0.410 e. The molecule has 0 unspecified atom stereocenters. The van der Waals surface area contributed by atoms with Gasteiger partial charge < -0.3 is 10.1 Å². The quantitative estimate of drug-likeness (QED) is 0.466. The van der Waals surface area contributed by atoms with E-state index in [1.807, 2.05) is 60.8 Å². The van der Waals surface area contributed by atoms with Gasteiger partial charge in [-0.15, -0.1) is 0 Å². The molecule has 2 rings (SSSR count). The van der Waals surface area contributed by atoms with Crippen LogP contribution < -0.4 is 0 Å². The van der Waals surface area contributed by atoms with E-state index < -0.39 is 0 Å². The zero-order chi connectivity index (χ0) is 11.4. The molecular formula is C13H14N2O. The van der Waals surface area contributed by atoms with Crippen molar-refractivity contribution in [2.45, 2.75) is 6.42 Å². The van der Waals surface area contributed by atoms with E-state index in [-0.39, 0.29) is 0 Å². The number of hydrogen-bond acceptors (Lipinski definition) is 3. The van der Waals surface area contributed by atoms with Crippen LogP contribution in [0, 0.1) is 0 Å². The second kappa shape index (κ2) is 4.66. The summed E-state index contributed by atoms with van der Waals surface area (Å²) in [6.45, 7) is 0. The minimum Gasteiger partial charge on any atom is -0.410 e. The highest BCUT2D eigenvalue weighted by molar-refractivity contribution is 6.12. The SMILES string of the molecule is CN1C=CCC(/C(=N\O)c2ccccc2)=C1. The number of rotatable bonds is 2. The fourth-order valence-electron chi connectivity index (χ4n) is 1.75. The number of nitrogens with zero attached hydrogens (tertiary/aromatic N) is 2. The molecule has 1 heterocycles. The fraction of sp³-hybridized carbons (Fsp3) is 0.154. The molecule has 1 aliphatic heterocycles. The lowest BCUT2D eigenvalue weighted by Crippen LogP contribution is -2.13. The van der Waals surface area contributed by atoms with Gasteiger partial charge in [-0.1, -0.05) is 41.6 Å². The summed E-state index contributed by atoms with van der Waals surface area (Å²) >= 11 is 0. The van der Waals surface area contributed by atoms with Crippen LogP contribution in [0.25, 0.3) is 0 Å². The molecule has 0 atom stereocenters.